The van der Waals surface area contributed by atoms with Crippen molar-refractivity contribution in [3.8, 4) is 23.3 Å². The molecular formula is C35H32ClN3O6S. The van der Waals surface area contributed by atoms with Gasteiger partial charge < -0.3 is 18.9 Å². The molecule has 0 amide bonds. The zero-order valence-electron chi connectivity index (χ0n) is 25.8. The van der Waals surface area contributed by atoms with Crippen LogP contribution in [-0.4, -0.2) is 31.4 Å². The number of fused-ring (bicyclic) bond motifs is 1. The van der Waals surface area contributed by atoms with Crippen molar-refractivity contribution >= 4 is 35.0 Å². The van der Waals surface area contributed by atoms with Crippen LogP contribution in [0.25, 0.3) is 6.08 Å². The summed E-state index contributed by atoms with van der Waals surface area (Å²) in [5.74, 6) is 0.989. The molecule has 2 heterocycles. The fourth-order valence-electron chi connectivity index (χ4n) is 5.21. The Morgan fingerprint density at radius 1 is 1.07 bits per heavy atom. The summed E-state index contributed by atoms with van der Waals surface area (Å²) in [5, 5.41) is 9.56. The highest BCUT2D eigenvalue weighted by Crippen LogP contribution is 2.39. The van der Waals surface area contributed by atoms with E-state index >= 15 is 0 Å². The minimum Gasteiger partial charge on any atom is -0.497 e. The van der Waals surface area contributed by atoms with E-state index in [1.54, 1.807) is 68.6 Å². The summed E-state index contributed by atoms with van der Waals surface area (Å²) in [5.41, 5.74) is 3.08. The van der Waals surface area contributed by atoms with Gasteiger partial charge in [0.2, 0.25) is 0 Å². The van der Waals surface area contributed by atoms with E-state index in [0.717, 1.165) is 12.0 Å². The predicted octanol–water partition coefficient (Wildman–Crippen LogP) is 5.70. The Morgan fingerprint density at radius 2 is 1.83 bits per heavy atom. The van der Waals surface area contributed by atoms with Crippen molar-refractivity contribution in [2.75, 3.05) is 20.8 Å². The number of esters is 1. The number of hydrogen-bond acceptors (Lipinski definition) is 9. The fourth-order valence-corrected chi connectivity index (χ4v) is 6.40. The molecule has 46 heavy (non-hydrogen) atoms. The number of thiazole rings is 1. The minimum atomic E-state index is -0.879. The molecule has 3 aromatic carbocycles. The number of carbonyl (C=O) groups is 1. The van der Waals surface area contributed by atoms with Crippen LogP contribution in [0.5, 0.6) is 17.2 Å². The third kappa shape index (κ3) is 6.71. The number of allylic oxidation sites excluding steroid dienone is 1. The Balaban J connectivity index is 1.68. The van der Waals surface area contributed by atoms with Gasteiger partial charge in [-0.15, -0.1) is 0 Å². The molecule has 0 radical (unpaired) electrons. The first-order valence-electron chi connectivity index (χ1n) is 14.7. The molecule has 5 rings (SSSR count). The fraction of sp³-hybridized carbons (Fsp3) is 0.257. The van der Waals surface area contributed by atoms with Gasteiger partial charge in [-0.25, -0.2) is 9.79 Å². The zero-order valence-corrected chi connectivity index (χ0v) is 27.4. The topological polar surface area (TPSA) is 112 Å². The number of halogens is 1. The van der Waals surface area contributed by atoms with E-state index in [1.807, 2.05) is 19.1 Å². The van der Waals surface area contributed by atoms with Crippen LogP contribution in [0.4, 0.5) is 0 Å². The number of ether oxygens (including phenoxy) is 4. The standard InChI is InChI=1S/C35H32ClN3O6S/c1-5-7-27-31(34(41)44-6-2)32(26-18-25(42-3)13-15-29(26)43-4)39-33(40)30(46-35(39)38-27)17-23-16-24(36)12-14-28(23)45-20-22-10-8-21(19-37)9-11-22/h8-18,32H,5-7,20H2,1-4H3/b30-17-/t32-/m1/s1. The number of benzene rings is 3. The van der Waals surface area contributed by atoms with Crippen molar-refractivity contribution in [2.24, 2.45) is 4.99 Å². The predicted molar refractivity (Wildman–Crippen MR) is 176 cm³/mol. The van der Waals surface area contributed by atoms with Gasteiger partial charge in [-0.05, 0) is 73.5 Å². The van der Waals surface area contributed by atoms with Gasteiger partial charge in [-0.1, -0.05) is 48.4 Å². The molecule has 1 aliphatic heterocycles. The van der Waals surface area contributed by atoms with Gasteiger partial charge in [0, 0.05) is 16.1 Å². The van der Waals surface area contributed by atoms with Crippen LogP contribution in [0.2, 0.25) is 5.02 Å². The molecule has 0 N–H and O–H groups in total. The molecule has 0 saturated carbocycles. The average molecular weight is 658 g/mol. The van der Waals surface area contributed by atoms with Gasteiger partial charge in [-0.3, -0.25) is 9.36 Å². The van der Waals surface area contributed by atoms with Crippen molar-refractivity contribution in [1.29, 1.82) is 5.26 Å². The van der Waals surface area contributed by atoms with Crippen molar-refractivity contribution in [1.82, 2.24) is 4.57 Å². The van der Waals surface area contributed by atoms with E-state index in [9.17, 15) is 9.59 Å². The molecule has 0 saturated heterocycles. The molecule has 4 aromatic rings. The molecule has 1 aromatic heterocycles. The second-order valence-corrected chi connectivity index (χ2v) is 11.7. The number of methoxy groups -OCH3 is 2. The van der Waals surface area contributed by atoms with Gasteiger partial charge in [0.25, 0.3) is 5.56 Å². The second-order valence-electron chi connectivity index (χ2n) is 10.3. The molecule has 9 nitrogen and oxygen atoms in total. The van der Waals surface area contributed by atoms with Gasteiger partial charge in [0.05, 0.1) is 48.3 Å². The SMILES string of the molecule is CCCC1=C(C(=O)OCC)[C@@H](c2cc(OC)ccc2OC)n2c(s/c(=C\c3cc(Cl)ccc3OCc3ccc(C#N)cc3)c2=O)=N1. The first kappa shape index (κ1) is 32.5. The molecule has 1 atom stereocenters. The Labute approximate surface area is 275 Å². The number of carbonyl (C=O) groups excluding carboxylic acids is 1. The molecule has 0 unspecified atom stereocenters. The smallest absolute Gasteiger partial charge is 0.338 e. The lowest BCUT2D eigenvalue weighted by molar-refractivity contribution is -0.139. The summed E-state index contributed by atoms with van der Waals surface area (Å²) >= 11 is 7.60. The van der Waals surface area contributed by atoms with Gasteiger partial charge in [0.15, 0.2) is 4.80 Å². The second kappa shape index (κ2) is 14.5. The van der Waals surface area contributed by atoms with Gasteiger partial charge in [-0.2, -0.15) is 5.26 Å². The Bertz CT molecular complexity index is 2020. The van der Waals surface area contributed by atoms with E-state index < -0.39 is 12.0 Å². The lowest BCUT2D eigenvalue weighted by Crippen LogP contribution is -2.40. The lowest BCUT2D eigenvalue weighted by atomic mass is 9.93. The highest BCUT2D eigenvalue weighted by Gasteiger charge is 2.36. The molecule has 0 spiro atoms. The summed E-state index contributed by atoms with van der Waals surface area (Å²) in [7, 11) is 3.09. The van der Waals surface area contributed by atoms with E-state index in [0.29, 0.717) is 60.4 Å². The van der Waals surface area contributed by atoms with Crippen molar-refractivity contribution in [3.63, 3.8) is 0 Å². The Kier molecular flexibility index (Phi) is 10.3. The first-order chi connectivity index (χ1) is 22.3. The van der Waals surface area contributed by atoms with Crippen LogP contribution >= 0.6 is 22.9 Å². The monoisotopic (exact) mass is 657 g/mol. The Morgan fingerprint density at radius 3 is 2.50 bits per heavy atom. The van der Waals surface area contributed by atoms with E-state index in [4.69, 9.17) is 40.8 Å². The maximum atomic E-state index is 14.3. The van der Waals surface area contributed by atoms with E-state index in [-0.39, 0.29) is 24.3 Å². The van der Waals surface area contributed by atoms with E-state index in [1.165, 1.54) is 23.0 Å². The van der Waals surface area contributed by atoms with Crippen LogP contribution in [-0.2, 0) is 16.1 Å². The summed E-state index contributed by atoms with van der Waals surface area (Å²) in [6, 6.07) is 18.8. The minimum absolute atomic E-state index is 0.161. The first-order valence-corrected chi connectivity index (χ1v) is 15.9. The maximum absolute atomic E-state index is 14.3. The highest BCUT2D eigenvalue weighted by atomic mass is 35.5. The van der Waals surface area contributed by atoms with Crippen LogP contribution < -0.4 is 29.1 Å². The summed E-state index contributed by atoms with van der Waals surface area (Å²) < 4.78 is 24.8. The number of nitrogens with zero attached hydrogens (tertiary/aromatic N) is 3. The normalized spacial score (nSPS) is 14.3. The molecular weight excluding hydrogens is 626 g/mol. The third-order valence-electron chi connectivity index (χ3n) is 7.36. The van der Waals surface area contributed by atoms with Crippen molar-refractivity contribution in [3.05, 3.63) is 119 Å². The average Bonchev–Trinajstić information content (AvgIpc) is 3.37. The lowest BCUT2D eigenvalue weighted by Gasteiger charge is -2.27. The number of rotatable bonds is 11. The maximum Gasteiger partial charge on any atom is 0.338 e. The number of hydrogen-bond donors (Lipinski definition) is 0. The van der Waals surface area contributed by atoms with Gasteiger partial charge in [0.1, 0.15) is 29.9 Å². The quantitative estimate of drug-likeness (QED) is 0.190. The molecule has 0 bridgehead atoms. The number of nitriles is 1. The molecule has 0 fully saturated rings. The van der Waals surface area contributed by atoms with E-state index in [2.05, 4.69) is 6.07 Å². The van der Waals surface area contributed by atoms with Crippen molar-refractivity contribution in [2.45, 2.75) is 39.3 Å². The van der Waals surface area contributed by atoms with Crippen LogP contribution in [0.3, 0.4) is 0 Å². The molecule has 236 valence electrons. The zero-order chi connectivity index (χ0) is 32.8. The molecule has 1 aliphatic rings. The molecule has 11 heteroatoms. The highest BCUT2D eigenvalue weighted by molar-refractivity contribution is 7.07. The van der Waals surface area contributed by atoms with Crippen LogP contribution in [0.1, 0.15) is 55.0 Å². The summed E-state index contributed by atoms with van der Waals surface area (Å²) in [6.07, 6.45) is 2.95. The summed E-state index contributed by atoms with van der Waals surface area (Å²) in [4.78, 5) is 33.2. The van der Waals surface area contributed by atoms with Crippen LogP contribution in [0, 0.1) is 11.3 Å². The van der Waals surface area contributed by atoms with Crippen molar-refractivity contribution < 1.29 is 23.7 Å². The number of aromatic nitrogens is 1. The van der Waals surface area contributed by atoms with Gasteiger partial charge >= 0.3 is 5.97 Å². The Hall–Kier alpha value is -4.85. The largest absolute Gasteiger partial charge is 0.497 e. The summed E-state index contributed by atoms with van der Waals surface area (Å²) in [6.45, 7) is 4.14. The van der Waals surface area contributed by atoms with Crippen LogP contribution in [0.15, 0.2) is 81.7 Å². The third-order valence-corrected chi connectivity index (χ3v) is 8.58. The molecule has 0 aliphatic carbocycles.